The first-order chi connectivity index (χ1) is 9.58. The molecule has 0 spiro atoms. The van der Waals surface area contributed by atoms with Gasteiger partial charge in [-0.05, 0) is 36.2 Å². The lowest BCUT2D eigenvalue weighted by Gasteiger charge is -2.11. The average Bonchev–Trinajstić information content (AvgIpc) is 2.78. The summed E-state index contributed by atoms with van der Waals surface area (Å²) in [5.74, 6) is 1.18. The zero-order valence-electron chi connectivity index (χ0n) is 11.1. The normalized spacial score (nSPS) is 16.5. The summed E-state index contributed by atoms with van der Waals surface area (Å²) in [4.78, 5) is 16.2. The lowest BCUT2D eigenvalue weighted by atomic mass is 10.1. The molecule has 0 atom stereocenters. The SMILES string of the molecule is COc1cc(Br)cc(/C=C2/N=C(SC)SC2=O)c1OC. The lowest BCUT2D eigenvalue weighted by Crippen LogP contribution is -1.95. The standard InChI is InChI=1S/C13H12BrNO3S2/c1-17-10-6-8(14)4-7(11(10)18-2)5-9-12(16)20-13(15-9)19-3/h4-6H,1-3H3/b9-5+. The Morgan fingerprint density at radius 2 is 2.10 bits per heavy atom. The van der Waals surface area contributed by atoms with E-state index in [1.807, 2.05) is 18.4 Å². The first kappa shape index (κ1) is 15.5. The van der Waals surface area contributed by atoms with Crippen molar-refractivity contribution in [1.29, 1.82) is 0 Å². The second-order valence-corrected chi connectivity index (χ2v) is 6.66. The van der Waals surface area contributed by atoms with Gasteiger partial charge in [0.1, 0.15) is 10.1 Å². The van der Waals surface area contributed by atoms with Crippen molar-refractivity contribution in [3.05, 3.63) is 27.9 Å². The van der Waals surface area contributed by atoms with Gasteiger partial charge in [0.25, 0.3) is 0 Å². The van der Waals surface area contributed by atoms with Crippen LogP contribution in [-0.2, 0) is 4.79 Å². The van der Waals surface area contributed by atoms with Crippen molar-refractivity contribution in [2.45, 2.75) is 0 Å². The van der Waals surface area contributed by atoms with Crippen LogP contribution >= 0.6 is 39.5 Å². The Morgan fingerprint density at radius 1 is 1.35 bits per heavy atom. The van der Waals surface area contributed by atoms with E-state index in [1.54, 1.807) is 20.3 Å². The number of halogens is 1. The Kier molecular flexibility index (Phi) is 5.17. The van der Waals surface area contributed by atoms with Crippen LogP contribution in [0.5, 0.6) is 11.5 Å². The highest BCUT2D eigenvalue weighted by molar-refractivity contribution is 9.10. The Labute approximate surface area is 134 Å². The summed E-state index contributed by atoms with van der Waals surface area (Å²) < 4.78 is 12.2. The van der Waals surface area contributed by atoms with Crippen molar-refractivity contribution in [1.82, 2.24) is 0 Å². The Morgan fingerprint density at radius 3 is 2.65 bits per heavy atom. The number of thioether (sulfide) groups is 2. The summed E-state index contributed by atoms with van der Waals surface area (Å²) in [6, 6.07) is 3.67. The number of benzene rings is 1. The van der Waals surface area contributed by atoms with Crippen molar-refractivity contribution in [3.8, 4) is 11.5 Å². The molecule has 0 saturated carbocycles. The van der Waals surface area contributed by atoms with Crippen molar-refractivity contribution >= 4 is 55.0 Å². The maximum Gasteiger partial charge on any atom is 0.244 e. The molecule has 0 fully saturated rings. The number of hydrogen-bond acceptors (Lipinski definition) is 6. The molecule has 0 bridgehead atoms. The molecule has 0 N–H and O–H groups in total. The second kappa shape index (κ2) is 6.69. The molecule has 1 heterocycles. The summed E-state index contributed by atoms with van der Waals surface area (Å²) >= 11 is 6.01. The minimum absolute atomic E-state index is 0.0599. The maximum absolute atomic E-state index is 11.9. The van der Waals surface area contributed by atoms with Crippen molar-refractivity contribution in [2.75, 3.05) is 20.5 Å². The van der Waals surface area contributed by atoms with E-state index in [0.717, 1.165) is 26.2 Å². The van der Waals surface area contributed by atoms with E-state index in [2.05, 4.69) is 20.9 Å². The molecule has 0 amide bonds. The van der Waals surface area contributed by atoms with Gasteiger partial charge in [-0.15, -0.1) is 11.8 Å². The summed E-state index contributed by atoms with van der Waals surface area (Å²) in [5.41, 5.74) is 1.16. The molecule has 1 aromatic rings. The average molecular weight is 374 g/mol. The Hall–Kier alpha value is -0.920. The monoisotopic (exact) mass is 373 g/mol. The quantitative estimate of drug-likeness (QED) is 0.754. The van der Waals surface area contributed by atoms with E-state index in [4.69, 9.17) is 9.47 Å². The smallest absolute Gasteiger partial charge is 0.244 e. The minimum Gasteiger partial charge on any atom is -0.493 e. The fourth-order valence-corrected chi connectivity index (χ4v) is 3.41. The number of ether oxygens (including phenoxy) is 2. The molecule has 0 aromatic heterocycles. The molecule has 0 radical (unpaired) electrons. The zero-order chi connectivity index (χ0) is 14.7. The molecule has 0 saturated heterocycles. The molecular weight excluding hydrogens is 362 g/mol. The Balaban J connectivity index is 2.50. The molecule has 4 nitrogen and oxygen atoms in total. The van der Waals surface area contributed by atoms with Crippen LogP contribution in [0.4, 0.5) is 0 Å². The molecule has 1 aromatic carbocycles. The molecule has 1 aliphatic rings. The fraction of sp³-hybridized carbons (Fsp3) is 0.231. The predicted octanol–water partition coefficient (Wildman–Crippen LogP) is 3.80. The number of carbonyl (C=O) groups is 1. The van der Waals surface area contributed by atoms with Crippen LogP contribution in [0.25, 0.3) is 6.08 Å². The summed E-state index contributed by atoms with van der Waals surface area (Å²) in [6.45, 7) is 0. The van der Waals surface area contributed by atoms with Gasteiger partial charge >= 0.3 is 0 Å². The van der Waals surface area contributed by atoms with E-state index >= 15 is 0 Å². The second-order valence-electron chi connectivity index (χ2n) is 3.73. The number of hydrogen-bond donors (Lipinski definition) is 0. The third-order valence-corrected chi connectivity index (χ3v) is 4.85. The predicted molar refractivity (Wildman–Crippen MR) is 88.8 cm³/mol. The van der Waals surface area contributed by atoms with Crippen LogP contribution in [0.2, 0.25) is 0 Å². The third kappa shape index (κ3) is 3.21. The van der Waals surface area contributed by atoms with Gasteiger partial charge in [0.15, 0.2) is 11.5 Å². The van der Waals surface area contributed by atoms with E-state index < -0.39 is 0 Å². The topological polar surface area (TPSA) is 47.9 Å². The van der Waals surface area contributed by atoms with Gasteiger partial charge < -0.3 is 9.47 Å². The minimum atomic E-state index is -0.0599. The van der Waals surface area contributed by atoms with Crippen LogP contribution in [0.1, 0.15) is 5.56 Å². The van der Waals surface area contributed by atoms with Gasteiger partial charge in [0.2, 0.25) is 5.12 Å². The van der Waals surface area contributed by atoms with Crippen LogP contribution in [0, 0.1) is 0 Å². The largest absolute Gasteiger partial charge is 0.493 e. The van der Waals surface area contributed by atoms with Crippen LogP contribution in [-0.4, -0.2) is 30.0 Å². The van der Waals surface area contributed by atoms with E-state index in [-0.39, 0.29) is 5.12 Å². The first-order valence-electron chi connectivity index (χ1n) is 5.57. The molecular formula is C13H12BrNO3S2. The van der Waals surface area contributed by atoms with E-state index in [9.17, 15) is 4.79 Å². The highest BCUT2D eigenvalue weighted by Crippen LogP contribution is 2.37. The van der Waals surface area contributed by atoms with Gasteiger partial charge in [-0.25, -0.2) is 4.99 Å². The van der Waals surface area contributed by atoms with E-state index in [1.165, 1.54) is 11.8 Å². The zero-order valence-corrected chi connectivity index (χ0v) is 14.3. The van der Waals surface area contributed by atoms with Crippen LogP contribution < -0.4 is 9.47 Å². The fourth-order valence-electron chi connectivity index (χ4n) is 1.69. The van der Waals surface area contributed by atoms with Crippen molar-refractivity contribution in [3.63, 3.8) is 0 Å². The van der Waals surface area contributed by atoms with Crippen molar-refractivity contribution < 1.29 is 14.3 Å². The number of carbonyl (C=O) groups excluding carboxylic acids is 1. The highest BCUT2D eigenvalue weighted by Gasteiger charge is 2.22. The highest BCUT2D eigenvalue weighted by atomic mass is 79.9. The van der Waals surface area contributed by atoms with Gasteiger partial charge in [0, 0.05) is 10.0 Å². The van der Waals surface area contributed by atoms with Gasteiger partial charge in [-0.2, -0.15) is 0 Å². The summed E-state index contributed by atoms with van der Waals surface area (Å²) in [7, 11) is 3.14. The Bertz CT molecular complexity index is 614. The molecule has 2 rings (SSSR count). The first-order valence-corrected chi connectivity index (χ1v) is 8.40. The molecule has 7 heteroatoms. The third-order valence-electron chi connectivity index (χ3n) is 2.54. The number of nitrogens with zero attached hydrogens (tertiary/aromatic N) is 1. The summed E-state index contributed by atoms with van der Waals surface area (Å²) in [6.07, 6.45) is 3.61. The number of aliphatic imine (C=N–C) groups is 1. The van der Waals surface area contributed by atoms with Crippen LogP contribution in [0.15, 0.2) is 27.3 Å². The molecule has 106 valence electrons. The lowest BCUT2D eigenvalue weighted by molar-refractivity contribution is -0.107. The number of methoxy groups -OCH3 is 2. The van der Waals surface area contributed by atoms with E-state index in [0.29, 0.717) is 17.2 Å². The van der Waals surface area contributed by atoms with Gasteiger partial charge in [-0.3, -0.25) is 4.79 Å². The molecule has 1 aliphatic heterocycles. The molecule has 20 heavy (non-hydrogen) atoms. The van der Waals surface area contributed by atoms with Crippen LogP contribution in [0.3, 0.4) is 0 Å². The van der Waals surface area contributed by atoms with Crippen molar-refractivity contribution in [2.24, 2.45) is 4.99 Å². The van der Waals surface area contributed by atoms with Gasteiger partial charge in [-0.1, -0.05) is 15.9 Å². The number of rotatable bonds is 3. The summed E-state index contributed by atoms with van der Waals surface area (Å²) in [5, 5.41) is -0.0599. The molecule has 0 unspecified atom stereocenters. The maximum atomic E-state index is 11.9. The molecule has 0 aliphatic carbocycles. The van der Waals surface area contributed by atoms with Gasteiger partial charge in [0.05, 0.1) is 14.2 Å².